The average molecular weight is 348 g/mol. The highest BCUT2D eigenvalue weighted by Gasteiger charge is 2.25. The molecule has 0 aliphatic carbocycles. The van der Waals surface area contributed by atoms with Gasteiger partial charge in [0.1, 0.15) is 10.7 Å². The standard InChI is InChI=1S/C18H21FN2O2S/c1-11(15-4-3-9-23-15)21-18(22)17-12(2)20-16(24-17)10-13-5-7-14(19)8-6-13/h5-8,11,15H,3-4,9-10H2,1-2H3,(H,21,22)/t11-,15+/m0/s1. The lowest BCUT2D eigenvalue weighted by Crippen LogP contribution is -2.40. The Balaban J connectivity index is 1.66. The molecule has 6 heteroatoms. The number of aromatic nitrogens is 1. The van der Waals surface area contributed by atoms with Gasteiger partial charge in [0.2, 0.25) is 0 Å². The second-order valence-electron chi connectivity index (χ2n) is 6.14. The van der Waals surface area contributed by atoms with Gasteiger partial charge in [0.15, 0.2) is 0 Å². The van der Waals surface area contributed by atoms with Gasteiger partial charge in [0.05, 0.1) is 22.8 Å². The summed E-state index contributed by atoms with van der Waals surface area (Å²) in [6.45, 7) is 4.59. The second-order valence-corrected chi connectivity index (χ2v) is 7.22. The first kappa shape index (κ1) is 17.0. The fourth-order valence-corrected chi connectivity index (χ4v) is 3.88. The van der Waals surface area contributed by atoms with Crippen molar-refractivity contribution in [3.05, 3.63) is 51.2 Å². The second kappa shape index (κ2) is 7.40. The zero-order valence-electron chi connectivity index (χ0n) is 13.8. The van der Waals surface area contributed by atoms with E-state index < -0.39 is 0 Å². The molecule has 0 radical (unpaired) electrons. The van der Waals surface area contributed by atoms with Gasteiger partial charge in [0.25, 0.3) is 5.91 Å². The van der Waals surface area contributed by atoms with Crippen molar-refractivity contribution in [1.29, 1.82) is 0 Å². The Kier molecular flexibility index (Phi) is 5.26. The lowest BCUT2D eigenvalue weighted by atomic mass is 10.1. The van der Waals surface area contributed by atoms with Crippen LogP contribution < -0.4 is 5.32 Å². The fourth-order valence-electron chi connectivity index (χ4n) is 2.88. The number of aryl methyl sites for hydroxylation is 1. The summed E-state index contributed by atoms with van der Waals surface area (Å²) >= 11 is 1.39. The molecule has 0 spiro atoms. The van der Waals surface area contributed by atoms with Crippen LogP contribution in [0.3, 0.4) is 0 Å². The molecule has 2 atom stereocenters. The number of nitrogens with zero attached hydrogens (tertiary/aromatic N) is 1. The van der Waals surface area contributed by atoms with E-state index in [1.165, 1.54) is 23.5 Å². The van der Waals surface area contributed by atoms with E-state index in [4.69, 9.17) is 4.74 Å². The minimum atomic E-state index is -0.253. The van der Waals surface area contributed by atoms with E-state index in [1.807, 2.05) is 13.8 Å². The molecule has 2 heterocycles. The van der Waals surface area contributed by atoms with Gasteiger partial charge < -0.3 is 10.1 Å². The van der Waals surface area contributed by atoms with Crippen molar-refractivity contribution in [2.45, 2.75) is 45.3 Å². The van der Waals surface area contributed by atoms with Crippen LogP contribution in [0.2, 0.25) is 0 Å². The largest absolute Gasteiger partial charge is 0.376 e. The summed E-state index contributed by atoms with van der Waals surface area (Å²) < 4.78 is 18.6. The molecule has 1 fully saturated rings. The number of carbonyl (C=O) groups excluding carboxylic acids is 1. The van der Waals surface area contributed by atoms with E-state index >= 15 is 0 Å². The first-order chi connectivity index (χ1) is 11.5. The average Bonchev–Trinajstić information content (AvgIpc) is 3.19. The number of carbonyl (C=O) groups is 1. The fraction of sp³-hybridized carbons (Fsp3) is 0.444. The van der Waals surface area contributed by atoms with Crippen LogP contribution in [-0.4, -0.2) is 29.6 Å². The Morgan fingerprint density at radius 2 is 2.21 bits per heavy atom. The summed E-state index contributed by atoms with van der Waals surface area (Å²) in [7, 11) is 0. The molecule has 128 valence electrons. The summed E-state index contributed by atoms with van der Waals surface area (Å²) in [5.74, 6) is -0.351. The van der Waals surface area contributed by atoms with Crippen LogP contribution in [0.5, 0.6) is 0 Å². The summed E-state index contributed by atoms with van der Waals surface area (Å²) in [4.78, 5) is 17.6. The highest BCUT2D eigenvalue weighted by atomic mass is 32.1. The molecule has 3 rings (SSSR count). The van der Waals surface area contributed by atoms with Crippen molar-refractivity contribution in [3.8, 4) is 0 Å². The van der Waals surface area contributed by atoms with Gasteiger partial charge in [-0.1, -0.05) is 12.1 Å². The summed E-state index contributed by atoms with van der Waals surface area (Å²) in [6.07, 6.45) is 2.73. The molecular weight excluding hydrogens is 327 g/mol. The van der Waals surface area contributed by atoms with Crippen LogP contribution in [0.1, 0.15) is 45.7 Å². The van der Waals surface area contributed by atoms with Crippen molar-refractivity contribution in [3.63, 3.8) is 0 Å². The van der Waals surface area contributed by atoms with Crippen LogP contribution in [0, 0.1) is 12.7 Å². The third kappa shape index (κ3) is 3.99. The highest BCUT2D eigenvalue weighted by Crippen LogP contribution is 2.22. The minimum Gasteiger partial charge on any atom is -0.376 e. The Labute approximate surface area is 145 Å². The third-order valence-corrected chi connectivity index (χ3v) is 5.35. The summed E-state index contributed by atoms with van der Waals surface area (Å²) in [6, 6.07) is 6.35. The van der Waals surface area contributed by atoms with Gasteiger partial charge in [-0.25, -0.2) is 9.37 Å². The van der Waals surface area contributed by atoms with E-state index in [-0.39, 0.29) is 23.9 Å². The molecular formula is C18H21FN2O2S. The third-order valence-electron chi connectivity index (χ3n) is 4.20. The number of amides is 1. The van der Waals surface area contributed by atoms with Crippen molar-refractivity contribution < 1.29 is 13.9 Å². The topological polar surface area (TPSA) is 51.2 Å². The molecule has 1 saturated heterocycles. The van der Waals surface area contributed by atoms with E-state index in [1.54, 1.807) is 12.1 Å². The zero-order chi connectivity index (χ0) is 17.1. The first-order valence-electron chi connectivity index (χ1n) is 8.16. The van der Waals surface area contributed by atoms with E-state index in [0.29, 0.717) is 11.3 Å². The molecule has 1 aliphatic heterocycles. The Hall–Kier alpha value is -1.79. The van der Waals surface area contributed by atoms with Crippen molar-refractivity contribution in [2.75, 3.05) is 6.61 Å². The maximum absolute atomic E-state index is 13.0. The van der Waals surface area contributed by atoms with Gasteiger partial charge in [-0.2, -0.15) is 0 Å². The van der Waals surface area contributed by atoms with E-state index in [9.17, 15) is 9.18 Å². The smallest absolute Gasteiger partial charge is 0.263 e. The van der Waals surface area contributed by atoms with Gasteiger partial charge in [0, 0.05) is 13.0 Å². The maximum Gasteiger partial charge on any atom is 0.263 e. The van der Waals surface area contributed by atoms with E-state index in [2.05, 4.69) is 10.3 Å². The number of ether oxygens (including phenoxy) is 1. The van der Waals surface area contributed by atoms with Crippen LogP contribution in [0.25, 0.3) is 0 Å². The molecule has 0 bridgehead atoms. The quantitative estimate of drug-likeness (QED) is 0.900. The molecule has 24 heavy (non-hydrogen) atoms. The van der Waals surface area contributed by atoms with Gasteiger partial charge in [-0.15, -0.1) is 11.3 Å². The number of hydrogen-bond donors (Lipinski definition) is 1. The highest BCUT2D eigenvalue weighted by molar-refractivity contribution is 7.13. The van der Waals surface area contributed by atoms with E-state index in [0.717, 1.165) is 35.7 Å². The van der Waals surface area contributed by atoms with Crippen LogP contribution in [0.15, 0.2) is 24.3 Å². The van der Waals surface area contributed by atoms with Gasteiger partial charge in [-0.3, -0.25) is 4.79 Å². The summed E-state index contributed by atoms with van der Waals surface area (Å²) in [5.41, 5.74) is 1.71. The molecule has 2 aromatic rings. The van der Waals surface area contributed by atoms with Crippen molar-refractivity contribution in [1.82, 2.24) is 10.3 Å². The number of hydrogen-bond acceptors (Lipinski definition) is 4. The van der Waals surface area contributed by atoms with Crippen LogP contribution in [0.4, 0.5) is 4.39 Å². The molecule has 1 aromatic heterocycles. The van der Waals surface area contributed by atoms with Crippen molar-refractivity contribution in [2.24, 2.45) is 0 Å². The molecule has 1 amide bonds. The predicted molar refractivity (Wildman–Crippen MR) is 92.0 cm³/mol. The molecule has 0 unspecified atom stereocenters. The van der Waals surface area contributed by atoms with Gasteiger partial charge in [-0.05, 0) is 44.4 Å². The van der Waals surface area contributed by atoms with Crippen LogP contribution >= 0.6 is 11.3 Å². The molecule has 1 aliphatic rings. The number of rotatable bonds is 5. The maximum atomic E-state index is 13.0. The summed E-state index contributed by atoms with van der Waals surface area (Å²) in [5, 5.41) is 3.88. The number of nitrogens with one attached hydrogen (secondary N) is 1. The predicted octanol–water partition coefficient (Wildman–Crippen LogP) is 3.48. The Bertz CT molecular complexity index is 708. The Morgan fingerprint density at radius 1 is 1.46 bits per heavy atom. The number of halogens is 1. The SMILES string of the molecule is Cc1nc(Cc2ccc(F)cc2)sc1C(=O)N[C@@H](C)[C@H]1CCCO1. The molecule has 1 N–H and O–H groups in total. The number of thiazole rings is 1. The molecule has 0 saturated carbocycles. The lowest BCUT2D eigenvalue weighted by molar-refractivity contribution is 0.0714. The van der Waals surface area contributed by atoms with Crippen LogP contribution in [-0.2, 0) is 11.2 Å². The van der Waals surface area contributed by atoms with Crippen molar-refractivity contribution >= 4 is 17.2 Å². The minimum absolute atomic E-state index is 0.0120. The molecule has 1 aromatic carbocycles. The zero-order valence-corrected chi connectivity index (χ0v) is 14.7. The Morgan fingerprint density at radius 3 is 2.88 bits per heavy atom. The number of benzene rings is 1. The van der Waals surface area contributed by atoms with Gasteiger partial charge >= 0.3 is 0 Å². The molecule has 4 nitrogen and oxygen atoms in total. The normalized spacial score (nSPS) is 18.5. The lowest BCUT2D eigenvalue weighted by Gasteiger charge is -2.19. The monoisotopic (exact) mass is 348 g/mol. The first-order valence-corrected chi connectivity index (χ1v) is 8.98.